The maximum Gasteiger partial charge on any atom is 0.249 e. The lowest BCUT2D eigenvalue weighted by Crippen LogP contribution is -3.00. The van der Waals surface area contributed by atoms with E-state index in [0.29, 0.717) is 12.1 Å². The fourth-order valence-electron chi connectivity index (χ4n) is 3.23. The lowest BCUT2D eigenvalue weighted by atomic mass is 10.1. The van der Waals surface area contributed by atoms with E-state index < -0.39 is 0 Å². The number of ketones is 1. The number of aromatic nitrogens is 2. The molecule has 0 saturated carbocycles. The van der Waals surface area contributed by atoms with Gasteiger partial charge in [-0.2, -0.15) is 0 Å². The Morgan fingerprint density at radius 3 is 2.27 bits per heavy atom. The van der Waals surface area contributed by atoms with Crippen molar-refractivity contribution in [3.63, 3.8) is 0 Å². The zero-order chi connectivity index (χ0) is 18.0. The standard InChI is InChI=1S/C21H23N2O2.BrH/c1-15-11-16(2)21(17(3)12-15)23-10-9-22(14-23)13-20(24)18-5-7-19(25-4)8-6-18;/h5-12,14H,13H2,1-4H3;1H/q+1;/p-1. The van der Waals surface area contributed by atoms with Crippen LogP contribution in [0, 0.1) is 20.8 Å². The first-order valence-corrected chi connectivity index (χ1v) is 8.30. The van der Waals surface area contributed by atoms with Gasteiger partial charge in [-0.3, -0.25) is 4.79 Å². The Hall–Kier alpha value is -2.40. The number of carbonyl (C=O) groups excluding carboxylic acids is 1. The van der Waals surface area contributed by atoms with Crippen molar-refractivity contribution in [2.24, 2.45) is 0 Å². The molecule has 26 heavy (non-hydrogen) atoms. The van der Waals surface area contributed by atoms with Crippen LogP contribution in [-0.2, 0) is 6.54 Å². The molecule has 0 radical (unpaired) electrons. The van der Waals surface area contributed by atoms with Crippen LogP contribution in [0.2, 0.25) is 0 Å². The minimum Gasteiger partial charge on any atom is -1.00 e. The Morgan fingerprint density at radius 1 is 1.08 bits per heavy atom. The third-order valence-electron chi connectivity index (χ3n) is 4.32. The fraction of sp³-hybridized carbons (Fsp3) is 0.238. The highest BCUT2D eigenvalue weighted by Crippen LogP contribution is 2.20. The van der Waals surface area contributed by atoms with Crippen LogP contribution in [0.15, 0.2) is 55.1 Å². The van der Waals surface area contributed by atoms with Gasteiger partial charge in [0.2, 0.25) is 12.1 Å². The summed E-state index contributed by atoms with van der Waals surface area (Å²) in [6, 6.07) is 11.6. The van der Waals surface area contributed by atoms with Crippen molar-refractivity contribution in [2.75, 3.05) is 7.11 Å². The molecular formula is C21H23BrN2O2. The molecule has 1 aromatic heterocycles. The SMILES string of the molecule is COc1ccc(C(=O)C[n+]2ccn(-c3c(C)cc(C)cc3C)c2)cc1.[Br-]. The van der Waals surface area contributed by atoms with Gasteiger partial charge < -0.3 is 21.7 Å². The predicted molar refractivity (Wildman–Crippen MR) is 97.5 cm³/mol. The van der Waals surface area contributed by atoms with Gasteiger partial charge in [0.1, 0.15) is 23.8 Å². The molecular weight excluding hydrogens is 392 g/mol. The summed E-state index contributed by atoms with van der Waals surface area (Å²) < 4.78 is 9.11. The predicted octanol–water partition coefficient (Wildman–Crippen LogP) is 0.586. The van der Waals surface area contributed by atoms with Crippen molar-refractivity contribution >= 4 is 5.78 Å². The molecule has 0 aliphatic rings. The number of halogens is 1. The van der Waals surface area contributed by atoms with Crippen LogP contribution in [-0.4, -0.2) is 17.5 Å². The van der Waals surface area contributed by atoms with Crippen molar-refractivity contribution < 1.29 is 31.1 Å². The molecule has 0 saturated heterocycles. The number of nitrogens with zero attached hydrogens (tertiary/aromatic N) is 2. The molecule has 1 heterocycles. The van der Waals surface area contributed by atoms with Crippen LogP contribution >= 0.6 is 0 Å². The molecule has 0 aliphatic carbocycles. The summed E-state index contributed by atoms with van der Waals surface area (Å²) in [6.45, 7) is 6.64. The van der Waals surface area contributed by atoms with Gasteiger partial charge in [-0.15, -0.1) is 0 Å². The summed E-state index contributed by atoms with van der Waals surface area (Å²) in [5.41, 5.74) is 5.56. The topological polar surface area (TPSA) is 35.1 Å². The van der Waals surface area contributed by atoms with E-state index in [-0.39, 0.29) is 22.8 Å². The van der Waals surface area contributed by atoms with E-state index in [1.807, 2.05) is 35.4 Å². The first-order valence-electron chi connectivity index (χ1n) is 8.30. The zero-order valence-electron chi connectivity index (χ0n) is 15.5. The molecule has 3 rings (SSSR count). The average molecular weight is 415 g/mol. The van der Waals surface area contributed by atoms with Gasteiger partial charge in [0.15, 0.2) is 6.54 Å². The largest absolute Gasteiger partial charge is 1.00 e. The number of Topliss-reactive ketones (excluding diaryl/α,β-unsaturated/α-hetero) is 1. The second kappa shape index (κ2) is 8.32. The van der Waals surface area contributed by atoms with Gasteiger partial charge in [-0.05, 0) is 56.2 Å². The quantitative estimate of drug-likeness (QED) is 0.452. The molecule has 0 amide bonds. The molecule has 0 fully saturated rings. The summed E-state index contributed by atoms with van der Waals surface area (Å²) in [5.74, 6) is 0.823. The van der Waals surface area contributed by atoms with Gasteiger partial charge in [0.05, 0.1) is 7.11 Å². The number of aryl methyl sites for hydroxylation is 3. The highest BCUT2D eigenvalue weighted by atomic mass is 79.9. The van der Waals surface area contributed by atoms with E-state index in [0.717, 1.165) is 5.75 Å². The molecule has 0 spiro atoms. The van der Waals surface area contributed by atoms with Crippen LogP contribution in [0.1, 0.15) is 27.0 Å². The second-order valence-electron chi connectivity index (χ2n) is 6.39. The van der Waals surface area contributed by atoms with Gasteiger partial charge in [0, 0.05) is 5.56 Å². The number of methoxy groups -OCH3 is 1. The first kappa shape index (κ1) is 19.9. The summed E-state index contributed by atoms with van der Waals surface area (Å²) in [6.07, 6.45) is 5.89. The Morgan fingerprint density at radius 2 is 1.69 bits per heavy atom. The number of benzene rings is 2. The van der Waals surface area contributed by atoms with Crippen LogP contribution in [0.25, 0.3) is 5.69 Å². The monoisotopic (exact) mass is 414 g/mol. The first-order chi connectivity index (χ1) is 12.0. The van der Waals surface area contributed by atoms with Gasteiger partial charge in [0.25, 0.3) is 0 Å². The highest BCUT2D eigenvalue weighted by molar-refractivity contribution is 5.95. The van der Waals surface area contributed by atoms with Crippen molar-refractivity contribution in [3.05, 3.63) is 77.4 Å². The minimum absolute atomic E-state index is 0. The van der Waals surface area contributed by atoms with Gasteiger partial charge in [-0.25, -0.2) is 9.13 Å². The maximum absolute atomic E-state index is 12.5. The Labute approximate surface area is 164 Å². The Kier molecular flexibility index (Phi) is 6.37. The van der Waals surface area contributed by atoms with E-state index in [2.05, 4.69) is 37.5 Å². The molecule has 0 aliphatic heterocycles. The van der Waals surface area contributed by atoms with Crippen molar-refractivity contribution in [3.8, 4) is 11.4 Å². The van der Waals surface area contributed by atoms with E-state index in [1.165, 1.54) is 22.4 Å². The van der Waals surface area contributed by atoms with Crippen molar-refractivity contribution in [1.82, 2.24) is 4.57 Å². The molecule has 2 aromatic carbocycles. The average Bonchev–Trinajstić information content (AvgIpc) is 3.02. The lowest BCUT2D eigenvalue weighted by Gasteiger charge is -2.07. The van der Waals surface area contributed by atoms with Crippen molar-refractivity contribution in [1.29, 1.82) is 0 Å². The Balaban J connectivity index is 0.00000243. The summed E-state index contributed by atoms with van der Waals surface area (Å²) in [7, 11) is 1.62. The summed E-state index contributed by atoms with van der Waals surface area (Å²) >= 11 is 0. The number of hydrogen-bond donors (Lipinski definition) is 0. The van der Waals surface area contributed by atoms with Crippen LogP contribution < -0.4 is 26.3 Å². The summed E-state index contributed by atoms with van der Waals surface area (Å²) in [5, 5.41) is 0. The zero-order valence-corrected chi connectivity index (χ0v) is 17.1. The molecule has 4 nitrogen and oxygen atoms in total. The van der Waals surface area contributed by atoms with E-state index in [4.69, 9.17) is 4.74 Å². The number of ether oxygens (including phenoxy) is 1. The van der Waals surface area contributed by atoms with Crippen LogP contribution in [0.4, 0.5) is 0 Å². The Bertz CT molecular complexity index is 891. The normalized spacial score (nSPS) is 10.3. The number of imidazole rings is 1. The van der Waals surface area contributed by atoms with Gasteiger partial charge >= 0.3 is 0 Å². The molecule has 5 heteroatoms. The maximum atomic E-state index is 12.5. The lowest BCUT2D eigenvalue weighted by molar-refractivity contribution is -0.682. The smallest absolute Gasteiger partial charge is 0.249 e. The minimum atomic E-state index is 0. The third kappa shape index (κ3) is 4.22. The van der Waals surface area contributed by atoms with Crippen LogP contribution in [0.5, 0.6) is 5.75 Å². The number of carbonyl (C=O) groups is 1. The molecule has 0 bridgehead atoms. The molecule has 0 N–H and O–H groups in total. The van der Waals surface area contributed by atoms with E-state index >= 15 is 0 Å². The number of hydrogen-bond acceptors (Lipinski definition) is 2. The molecule has 136 valence electrons. The van der Waals surface area contributed by atoms with E-state index in [9.17, 15) is 4.79 Å². The second-order valence-corrected chi connectivity index (χ2v) is 6.39. The van der Waals surface area contributed by atoms with Crippen molar-refractivity contribution in [2.45, 2.75) is 27.3 Å². The summed E-state index contributed by atoms with van der Waals surface area (Å²) in [4.78, 5) is 12.5. The molecule has 3 aromatic rings. The third-order valence-corrected chi connectivity index (χ3v) is 4.32. The van der Waals surface area contributed by atoms with Crippen LogP contribution in [0.3, 0.4) is 0 Å². The molecule has 0 atom stereocenters. The molecule has 0 unspecified atom stereocenters. The number of rotatable bonds is 5. The highest BCUT2D eigenvalue weighted by Gasteiger charge is 2.15. The van der Waals surface area contributed by atoms with E-state index in [1.54, 1.807) is 19.2 Å². The fourth-order valence-corrected chi connectivity index (χ4v) is 3.23. The van der Waals surface area contributed by atoms with Gasteiger partial charge in [-0.1, -0.05) is 17.7 Å².